The van der Waals surface area contributed by atoms with E-state index < -0.39 is 0 Å². The number of hydrogen-bond donors (Lipinski definition) is 1. The normalized spacial score (nSPS) is 20.9. The van der Waals surface area contributed by atoms with Crippen molar-refractivity contribution in [2.24, 2.45) is 5.92 Å². The van der Waals surface area contributed by atoms with Crippen molar-refractivity contribution in [2.45, 2.75) is 19.3 Å². The number of piperidine rings is 1. The molecule has 90 valence electrons. The van der Waals surface area contributed by atoms with Crippen LogP contribution in [-0.2, 0) is 6.42 Å². The molecule has 1 atom stereocenters. The number of pyridine rings is 1. The Morgan fingerprint density at radius 1 is 1.47 bits per heavy atom. The van der Waals surface area contributed by atoms with Crippen LogP contribution in [0, 0.1) is 5.92 Å². The second-order valence-corrected chi connectivity index (χ2v) is 5.52. The molecular weight excluding hydrogens is 280 g/mol. The van der Waals surface area contributed by atoms with Gasteiger partial charge in [0.05, 0.1) is 0 Å². The number of fused-ring (bicyclic) bond motifs is 1. The molecule has 0 spiro atoms. The van der Waals surface area contributed by atoms with Gasteiger partial charge in [0.2, 0.25) is 0 Å². The molecule has 0 aromatic carbocycles. The minimum absolute atomic E-state index is 0.694. The van der Waals surface area contributed by atoms with Crippen LogP contribution < -0.4 is 5.32 Å². The molecule has 1 saturated heterocycles. The molecule has 5 heteroatoms. The minimum Gasteiger partial charge on any atom is -0.316 e. The van der Waals surface area contributed by atoms with E-state index in [9.17, 15) is 0 Å². The van der Waals surface area contributed by atoms with Gasteiger partial charge in [0.1, 0.15) is 5.82 Å². The van der Waals surface area contributed by atoms with E-state index in [1.807, 2.05) is 18.3 Å². The van der Waals surface area contributed by atoms with Crippen molar-refractivity contribution < 1.29 is 0 Å². The fraction of sp³-hybridized carbons (Fsp3) is 0.500. The summed E-state index contributed by atoms with van der Waals surface area (Å²) in [7, 11) is 0. The summed E-state index contributed by atoms with van der Waals surface area (Å²) in [5.74, 6) is 1.76. The van der Waals surface area contributed by atoms with Gasteiger partial charge in [-0.3, -0.25) is 4.40 Å². The van der Waals surface area contributed by atoms with Gasteiger partial charge < -0.3 is 5.32 Å². The second kappa shape index (κ2) is 4.74. The first-order chi connectivity index (χ1) is 8.33. The maximum atomic E-state index is 4.29. The van der Waals surface area contributed by atoms with Gasteiger partial charge in [0, 0.05) is 17.1 Å². The predicted octanol–water partition coefficient (Wildman–Crippen LogP) is 2.03. The van der Waals surface area contributed by atoms with Crippen LogP contribution in [0.4, 0.5) is 0 Å². The summed E-state index contributed by atoms with van der Waals surface area (Å²) in [4.78, 5) is 0. The van der Waals surface area contributed by atoms with E-state index in [0.29, 0.717) is 5.92 Å². The molecule has 0 radical (unpaired) electrons. The molecule has 0 bridgehead atoms. The molecule has 1 unspecified atom stereocenters. The molecule has 4 nitrogen and oxygen atoms in total. The SMILES string of the molecule is Brc1ccn2c(CC3CCCNC3)nnc2c1. The summed E-state index contributed by atoms with van der Waals surface area (Å²) >= 11 is 3.45. The lowest BCUT2D eigenvalue weighted by atomic mass is 9.96. The zero-order chi connectivity index (χ0) is 11.7. The van der Waals surface area contributed by atoms with E-state index in [0.717, 1.165) is 35.5 Å². The predicted molar refractivity (Wildman–Crippen MR) is 70.0 cm³/mol. The quantitative estimate of drug-likeness (QED) is 0.922. The third kappa shape index (κ3) is 2.35. The van der Waals surface area contributed by atoms with E-state index in [1.165, 1.54) is 12.8 Å². The van der Waals surface area contributed by atoms with Gasteiger partial charge in [-0.25, -0.2) is 0 Å². The van der Waals surface area contributed by atoms with Gasteiger partial charge in [-0.15, -0.1) is 10.2 Å². The molecule has 1 aliphatic heterocycles. The lowest BCUT2D eigenvalue weighted by Gasteiger charge is -2.21. The van der Waals surface area contributed by atoms with Crippen LogP contribution in [0.2, 0.25) is 0 Å². The molecule has 3 rings (SSSR count). The lowest BCUT2D eigenvalue weighted by molar-refractivity contribution is 0.370. The molecule has 3 heterocycles. The smallest absolute Gasteiger partial charge is 0.161 e. The first-order valence-electron chi connectivity index (χ1n) is 6.03. The number of nitrogens with one attached hydrogen (secondary N) is 1. The Morgan fingerprint density at radius 3 is 3.24 bits per heavy atom. The highest BCUT2D eigenvalue weighted by atomic mass is 79.9. The largest absolute Gasteiger partial charge is 0.316 e. The Kier molecular flexibility index (Phi) is 3.11. The third-order valence-electron chi connectivity index (χ3n) is 3.31. The number of hydrogen-bond acceptors (Lipinski definition) is 3. The van der Waals surface area contributed by atoms with Crippen LogP contribution >= 0.6 is 15.9 Å². The van der Waals surface area contributed by atoms with Gasteiger partial charge in [0.25, 0.3) is 0 Å². The molecule has 1 fully saturated rings. The Morgan fingerprint density at radius 2 is 2.41 bits per heavy atom. The Hall–Kier alpha value is -0.940. The summed E-state index contributed by atoms with van der Waals surface area (Å²) in [6.45, 7) is 2.26. The molecule has 0 aliphatic carbocycles. The van der Waals surface area contributed by atoms with Crippen molar-refractivity contribution in [1.82, 2.24) is 19.9 Å². The molecule has 1 N–H and O–H groups in total. The minimum atomic E-state index is 0.694. The zero-order valence-corrected chi connectivity index (χ0v) is 11.2. The summed E-state index contributed by atoms with van der Waals surface area (Å²) in [6, 6.07) is 4.02. The first kappa shape index (κ1) is 11.2. The van der Waals surface area contributed by atoms with Crippen LogP contribution in [0.3, 0.4) is 0 Å². The highest BCUT2D eigenvalue weighted by Crippen LogP contribution is 2.17. The molecular formula is C12H15BrN4. The first-order valence-corrected chi connectivity index (χ1v) is 6.82. The number of aromatic nitrogens is 3. The van der Waals surface area contributed by atoms with Gasteiger partial charge >= 0.3 is 0 Å². The van der Waals surface area contributed by atoms with E-state index in [2.05, 4.69) is 35.8 Å². The highest BCUT2D eigenvalue weighted by Gasteiger charge is 2.16. The number of nitrogens with zero attached hydrogens (tertiary/aromatic N) is 3. The summed E-state index contributed by atoms with van der Waals surface area (Å²) in [5.41, 5.74) is 0.915. The molecule has 17 heavy (non-hydrogen) atoms. The van der Waals surface area contributed by atoms with E-state index >= 15 is 0 Å². The molecule has 0 amide bonds. The van der Waals surface area contributed by atoms with Gasteiger partial charge in [-0.05, 0) is 44.0 Å². The Balaban J connectivity index is 1.84. The molecule has 2 aromatic heterocycles. The fourth-order valence-corrected chi connectivity index (χ4v) is 2.73. The monoisotopic (exact) mass is 294 g/mol. The maximum absolute atomic E-state index is 4.29. The standard InChI is InChI=1S/C12H15BrN4/c13-10-3-5-17-11(15-16-12(17)7-10)6-9-2-1-4-14-8-9/h3,5,7,9,14H,1-2,4,6,8H2. The summed E-state index contributed by atoms with van der Waals surface area (Å²) in [5, 5.41) is 11.9. The molecule has 0 saturated carbocycles. The van der Waals surface area contributed by atoms with Crippen molar-refractivity contribution in [3.63, 3.8) is 0 Å². The topological polar surface area (TPSA) is 42.2 Å². The lowest BCUT2D eigenvalue weighted by Crippen LogP contribution is -2.31. The van der Waals surface area contributed by atoms with Crippen LogP contribution in [-0.4, -0.2) is 27.7 Å². The Bertz CT molecular complexity index is 516. The van der Waals surface area contributed by atoms with Crippen LogP contribution in [0.25, 0.3) is 5.65 Å². The maximum Gasteiger partial charge on any atom is 0.161 e. The fourth-order valence-electron chi connectivity index (χ4n) is 2.41. The average Bonchev–Trinajstić information content (AvgIpc) is 2.73. The van der Waals surface area contributed by atoms with Crippen LogP contribution in [0.5, 0.6) is 0 Å². The van der Waals surface area contributed by atoms with E-state index in [-0.39, 0.29) is 0 Å². The molecule has 2 aromatic rings. The summed E-state index contributed by atoms with van der Waals surface area (Å²) in [6.07, 6.45) is 5.60. The summed E-state index contributed by atoms with van der Waals surface area (Å²) < 4.78 is 3.13. The highest BCUT2D eigenvalue weighted by molar-refractivity contribution is 9.10. The van der Waals surface area contributed by atoms with E-state index in [1.54, 1.807) is 0 Å². The second-order valence-electron chi connectivity index (χ2n) is 4.61. The van der Waals surface area contributed by atoms with Crippen LogP contribution in [0.15, 0.2) is 22.8 Å². The van der Waals surface area contributed by atoms with Gasteiger partial charge in [0.15, 0.2) is 5.65 Å². The zero-order valence-electron chi connectivity index (χ0n) is 9.56. The molecule has 1 aliphatic rings. The average molecular weight is 295 g/mol. The third-order valence-corrected chi connectivity index (χ3v) is 3.81. The van der Waals surface area contributed by atoms with Crippen molar-refractivity contribution in [2.75, 3.05) is 13.1 Å². The van der Waals surface area contributed by atoms with Crippen molar-refractivity contribution >= 4 is 21.6 Å². The van der Waals surface area contributed by atoms with Crippen molar-refractivity contribution in [3.05, 3.63) is 28.6 Å². The Labute approximate surface area is 109 Å². The van der Waals surface area contributed by atoms with Crippen molar-refractivity contribution in [1.29, 1.82) is 0 Å². The van der Waals surface area contributed by atoms with Crippen molar-refractivity contribution in [3.8, 4) is 0 Å². The van der Waals surface area contributed by atoms with Crippen LogP contribution in [0.1, 0.15) is 18.7 Å². The number of rotatable bonds is 2. The van der Waals surface area contributed by atoms with E-state index in [4.69, 9.17) is 0 Å². The van der Waals surface area contributed by atoms with Gasteiger partial charge in [-0.1, -0.05) is 15.9 Å². The van der Waals surface area contributed by atoms with Gasteiger partial charge in [-0.2, -0.15) is 0 Å². The number of halogens is 1.